The second-order valence-corrected chi connectivity index (χ2v) is 7.03. The van der Waals surface area contributed by atoms with Crippen molar-refractivity contribution in [1.82, 2.24) is 19.6 Å². The fourth-order valence-electron chi connectivity index (χ4n) is 2.81. The molecule has 0 spiro atoms. The van der Waals surface area contributed by atoms with Crippen molar-refractivity contribution in [3.8, 4) is 17.1 Å². The summed E-state index contributed by atoms with van der Waals surface area (Å²) in [6.45, 7) is 1.54. The molecular formula is C19H16BrN5O3. The summed E-state index contributed by atoms with van der Waals surface area (Å²) in [4.78, 5) is 20.6. The molecule has 0 aliphatic rings. The summed E-state index contributed by atoms with van der Waals surface area (Å²) in [6.07, 6.45) is 0. The summed E-state index contributed by atoms with van der Waals surface area (Å²) in [7, 11) is 1.61. The number of aromatic nitrogens is 4. The smallest absolute Gasteiger partial charge is 0.325 e. The first-order chi connectivity index (χ1) is 13.5. The minimum absolute atomic E-state index is 0.302. The number of nitrogens with one attached hydrogen (secondary N) is 1. The van der Waals surface area contributed by atoms with Crippen LogP contribution in [0.1, 0.15) is 6.92 Å². The van der Waals surface area contributed by atoms with Crippen molar-refractivity contribution in [2.24, 2.45) is 0 Å². The van der Waals surface area contributed by atoms with Crippen molar-refractivity contribution in [3.63, 3.8) is 0 Å². The van der Waals surface area contributed by atoms with Crippen LogP contribution in [-0.2, 0) is 4.79 Å². The number of aliphatic carboxylic acids is 1. The van der Waals surface area contributed by atoms with Crippen molar-refractivity contribution in [2.45, 2.75) is 13.0 Å². The van der Waals surface area contributed by atoms with Gasteiger partial charge in [-0.3, -0.25) is 4.79 Å². The van der Waals surface area contributed by atoms with E-state index in [0.29, 0.717) is 22.9 Å². The fraction of sp³-hybridized carbons (Fsp3) is 0.158. The second-order valence-electron chi connectivity index (χ2n) is 6.17. The van der Waals surface area contributed by atoms with Gasteiger partial charge in [0.2, 0.25) is 5.95 Å². The molecule has 28 heavy (non-hydrogen) atoms. The van der Waals surface area contributed by atoms with Crippen molar-refractivity contribution in [1.29, 1.82) is 0 Å². The van der Waals surface area contributed by atoms with Crippen LogP contribution in [0.2, 0.25) is 0 Å². The lowest BCUT2D eigenvalue weighted by molar-refractivity contribution is -0.137. The summed E-state index contributed by atoms with van der Waals surface area (Å²) < 4.78 is 7.51. The van der Waals surface area contributed by atoms with E-state index in [1.807, 2.05) is 42.5 Å². The number of carboxylic acids is 1. The molecule has 2 aromatic carbocycles. The second kappa shape index (κ2) is 7.08. The molecule has 0 fully saturated rings. The van der Waals surface area contributed by atoms with Gasteiger partial charge in [0.1, 0.15) is 11.8 Å². The first-order valence-electron chi connectivity index (χ1n) is 8.46. The van der Waals surface area contributed by atoms with Crippen molar-refractivity contribution >= 4 is 44.4 Å². The molecule has 0 aliphatic carbocycles. The zero-order chi connectivity index (χ0) is 19.8. The van der Waals surface area contributed by atoms with Crippen LogP contribution in [0.15, 0.2) is 46.9 Å². The largest absolute Gasteiger partial charge is 0.497 e. The summed E-state index contributed by atoms with van der Waals surface area (Å²) in [5.41, 5.74) is 2.06. The highest BCUT2D eigenvalue weighted by Gasteiger charge is 2.19. The average molecular weight is 442 g/mol. The topological polar surface area (TPSA) is 102 Å². The van der Waals surface area contributed by atoms with Crippen LogP contribution in [0.4, 0.5) is 5.95 Å². The number of fused-ring (bicyclic) bond motifs is 3. The molecule has 142 valence electrons. The van der Waals surface area contributed by atoms with E-state index in [1.54, 1.807) is 14.0 Å². The molecule has 2 N–H and O–H groups in total. The lowest BCUT2D eigenvalue weighted by Gasteiger charge is -2.12. The minimum Gasteiger partial charge on any atom is -0.497 e. The number of hydrogen-bond acceptors (Lipinski definition) is 6. The number of carboxylic acid groups (broad SMARTS) is 1. The van der Waals surface area contributed by atoms with Crippen LogP contribution >= 0.6 is 15.9 Å². The van der Waals surface area contributed by atoms with Gasteiger partial charge in [-0.15, -0.1) is 5.10 Å². The van der Waals surface area contributed by atoms with E-state index in [1.165, 1.54) is 4.52 Å². The van der Waals surface area contributed by atoms with E-state index in [0.717, 1.165) is 21.2 Å². The van der Waals surface area contributed by atoms with Crippen LogP contribution in [0, 0.1) is 0 Å². The van der Waals surface area contributed by atoms with Gasteiger partial charge in [-0.2, -0.15) is 4.52 Å². The molecule has 2 heterocycles. The lowest BCUT2D eigenvalue weighted by atomic mass is 10.2. The van der Waals surface area contributed by atoms with E-state index in [2.05, 4.69) is 36.3 Å². The van der Waals surface area contributed by atoms with Crippen LogP contribution < -0.4 is 10.1 Å². The predicted molar refractivity (Wildman–Crippen MR) is 109 cm³/mol. The normalized spacial score (nSPS) is 12.2. The number of rotatable bonds is 5. The summed E-state index contributed by atoms with van der Waals surface area (Å²) in [5, 5.41) is 17.5. The number of anilines is 1. The minimum atomic E-state index is -0.988. The molecule has 0 amide bonds. The third kappa shape index (κ3) is 3.13. The molecule has 1 unspecified atom stereocenters. The van der Waals surface area contributed by atoms with Crippen LogP contribution in [0.3, 0.4) is 0 Å². The third-order valence-corrected chi connectivity index (χ3v) is 4.96. The number of para-hydroxylation sites is 1. The van der Waals surface area contributed by atoms with Crippen LogP contribution in [-0.4, -0.2) is 43.8 Å². The Balaban J connectivity index is 1.94. The van der Waals surface area contributed by atoms with Gasteiger partial charge < -0.3 is 15.2 Å². The molecule has 0 radical (unpaired) electrons. The van der Waals surface area contributed by atoms with Gasteiger partial charge in [-0.1, -0.05) is 6.07 Å². The number of benzene rings is 2. The summed E-state index contributed by atoms with van der Waals surface area (Å²) >= 11 is 3.50. The molecule has 0 saturated carbocycles. The Labute approximate surface area is 168 Å². The Hall–Kier alpha value is -3.20. The van der Waals surface area contributed by atoms with Gasteiger partial charge in [0, 0.05) is 15.4 Å². The zero-order valence-corrected chi connectivity index (χ0v) is 16.6. The van der Waals surface area contributed by atoms with E-state index < -0.39 is 12.0 Å². The molecule has 0 bridgehead atoms. The predicted octanol–water partition coefficient (Wildman–Crippen LogP) is 3.60. The fourth-order valence-corrected chi connectivity index (χ4v) is 3.26. The Morgan fingerprint density at radius 2 is 1.96 bits per heavy atom. The maximum absolute atomic E-state index is 11.3. The monoisotopic (exact) mass is 441 g/mol. The lowest BCUT2D eigenvalue weighted by Crippen LogP contribution is -2.27. The molecule has 9 heteroatoms. The van der Waals surface area contributed by atoms with Crippen molar-refractivity contribution < 1.29 is 14.6 Å². The SMILES string of the molecule is COc1ccc(-c2nc3c4cccc(Br)c4nc(NC(C)C(=O)O)n3n2)cc1. The quantitative estimate of drug-likeness (QED) is 0.487. The highest BCUT2D eigenvalue weighted by atomic mass is 79.9. The van der Waals surface area contributed by atoms with Crippen molar-refractivity contribution in [3.05, 3.63) is 46.9 Å². The molecular weight excluding hydrogens is 426 g/mol. The third-order valence-electron chi connectivity index (χ3n) is 4.32. The van der Waals surface area contributed by atoms with Crippen LogP contribution in [0.25, 0.3) is 27.9 Å². The number of ether oxygens (including phenoxy) is 1. The highest BCUT2D eigenvalue weighted by molar-refractivity contribution is 9.10. The maximum Gasteiger partial charge on any atom is 0.325 e. The molecule has 0 saturated heterocycles. The van der Waals surface area contributed by atoms with Gasteiger partial charge in [0.15, 0.2) is 11.5 Å². The summed E-state index contributed by atoms with van der Waals surface area (Å²) in [6, 6.07) is 12.2. The first-order valence-corrected chi connectivity index (χ1v) is 9.26. The first kappa shape index (κ1) is 18.2. The molecule has 4 rings (SSSR count). The number of methoxy groups -OCH3 is 1. The molecule has 8 nitrogen and oxygen atoms in total. The molecule has 1 atom stereocenters. The van der Waals surface area contributed by atoms with Gasteiger partial charge in [-0.05, 0) is 59.3 Å². The van der Waals surface area contributed by atoms with E-state index in [4.69, 9.17) is 4.74 Å². The van der Waals surface area contributed by atoms with Crippen LogP contribution in [0.5, 0.6) is 5.75 Å². The number of halogens is 1. The Morgan fingerprint density at radius 1 is 1.21 bits per heavy atom. The van der Waals surface area contributed by atoms with Gasteiger partial charge in [0.05, 0.1) is 12.6 Å². The number of carbonyl (C=O) groups is 1. The van der Waals surface area contributed by atoms with E-state index >= 15 is 0 Å². The zero-order valence-electron chi connectivity index (χ0n) is 15.0. The Kier molecular flexibility index (Phi) is 4.60. The standard InChI is InChI=1S/C19H16BrN5O3/c1-10(18(26)27)21-19-22-15-13(4-3-5-14(15)20)17-23-16(24-25(17)19)11-6-8-12(28-2)9-7-11/h3-10H,1-2H3,(H,21,22)(H,26,27). The Bertz CT molecular complexity index is 1190. The number of hydrogen-bond donors (Lipinski definition) is 2. The van der Waals surface area contributed by atoms with Crippen molar-refractivity contribution in [2.75, 3.05) is 12.4 Å². The number of nitrogens with zero attached hydrogens (tertiary/aromatic N) is 4. The van der Waals surface area contributed by atoms with E-state index in [9.17, 15) is 9.90 Å². The van der Waals surface area contributed by atoms with Gasteiger partial charge in [-0.25, -0.2) is 9.97 Å². The summed E-state index contributed by atoms with van der Waals surface area (Å²) in [5.74, 6) is 0.554. The maximum atomic E-state index is 11.3. The Morgan fingerprint density at radius 3 is 2.64 bits per heavy atom. The van der Waals surface area contributed by atoms with Gasteiger partial charge >= 0.3 is 5.97 Å². The average Bonchev–Trinajstić information content (AvgIpc) is 3.15. The molecule has 2 aromatic heterocycles. The molecule has 0 aliphatic heterocycles. The van der Waals surface area contributed by atoms with Gasteiger partial charge in [0.25, 0.3) is 0 Å². The molecule has 4 aromatic rings. The highest BCUT2D eigenvalue weighted by Crippen LogP contribution is 2.29. The van der Waals surface area contributed by atoms with E-state index in [-0.39, 0.29) is 0 Å².